The first kappa shape index (κ1) is 17.2. The van der Waals surface area contributed by atoms with Gasteiger partial charge in [-0.2, -0.15) is 5.26 Å². The number of nitrogens with one attached hydrogen (secondary N) is 1. The molecule has 1 N–H and O–H groups in total. The highest BCUT2D eigenvalue weighted by Gasteiger charge is 2.46. The molecule has 0 amide bonds. The van der Waals surface area contributed by atoms with Gasteiger partial charge in [0.05, 0.1) is 12.7 Å². The topological polar surface area (TPSA) is 83.2 Å². The van der Waals surface area contributed by atoms with Crippen LogP contribution in [0, 0.1) is 28.1 Å². The van der Waals surface area contributed by atoms with Crippen molar-refractivity contribution >= 4 is 11.7 Å². The summed E-state index contributed by atoms with van der Waals surface area (Å²) in [5.74, 6) is -0.0188. The van der Waals surface area contributed by atoms with Gasteiger partial charge in [0.2, 0.25) is 5.90 Å². The molecular weight excluding hydrogens is 316 g/mol. The van der Waals surface area contributed by atoms with E-state index in [0.29, 0.717) is 30.8 Å². The van der Waals surface area contributed by atoms with Crippen molar-refractivity contribution in [1.29, 1.82) is 10.7 Å². The number of ketones is 1. The molecule has 130 valence electrons. The number of allylic oxidation sites excluding steroid dienone is 2. The monoisotopic (exact) mass is 338 g/mol. The molecule has 5 heteroatoms. The molecule has 3 rings (SSSR count). The number of nitriles is 1. The maximum atomic E-state index is 12.8. The maximum Gasteiger partial charge on any atom is 0.205 e. The summed E-state index contributed by atoms with van der Waals surface area (Å²) in [4.78, 5) is 12.8. The molecule has 1 heterocycles. The van der Waals surface area contributed by atoms with Crippen LogP contribution < -0.4 is 4.74 Å². The van der Waals surface area contributed by atoms with Gasteiger partial charge in [0.25, 0.3) is 0 Å². The van der Waals surface area contributed by atoms with E-state index in [2.05, 4.69) is 6.07 Å². The number of nitrogens with zero attached hydrogens (tertiary/aromatic N) is 1. The molecule has 5 nitrogen and oxygen atoms in total. The Kier molecular flexibility index (Phi) is 4.38. The first-order valence-corrected chi connectivity index (χ1v) is 8.51. The largest absolute Gasteiger partial charge is 0.494 e. The molecule has 1 aliphatic heterocycles. The summed E-state index contributed by atoms with van der Waals surface area (Å²) >= 11 is 0. The van der Waals surface area contributed by atoms with Gasteiger partial charge in [0.15, 0.2) is 5.78 Å². The zero-order chi connectivity index (χ0) is 18.2. The van der Waals surface area contributed by atoms with Gasteiger partial charge in [0, 0.05) is 24.3 Å². The van der Waals surface area contributed by atoms with E-state index in [4.69, 9.17) is 14.9 Å². The van der Waals surface area contributed by atoms with Crippen molar-refractivity contribution in [1.82, 2.24) is 0 Å². The zero-order valence-electron chi connectivity index (χ0n) is 14.8. The van der Waals surface area contributed by atoms with Gasteiger partial charge in [-0.25, -0.2) is 0 Å². The average molecular weight is 338 g/mol. The molecule has 2 atom stereocenters. The van der Waals surface area contributed by atoms with Crippen molar-refractivity contribution in [3.63, 3.8) is 0 Å². The van der Waals surface area contributed by atoms with Gasteiger partial charge in [-0.15, -0.1) is 0 Å². The van der Waals surface area contributed by atoms with Crippen molar-refractivity contribution in [3.05, 3.63) is 41.2 Å². The SMILES string of the molecule is CCOc1ccc(C2C3=C(CC(C)(C)CC3=O)OC(=N)C2C#N)cc1. The number of Topliss-reactive ketones (excluding diaryl/α,β-unsaturated/α-hetero) is 1. The zero-order valence-corrected chi connectivity index (χ0v) is 14.8. The average Bonchev–Trinajstić information content (AvgIpc) is 2.53. The minimum absolute atomic E-state index is 0.0119. The third kappa shape index (κ3) is 3.17. The van der Waals surface area contributed by atoms with Gasteiger partial charge >= 0.3 is 0 Å². The summed E-state index contributed by atoms with van der Waals surface area (Å²) in [7, 11) is 0. The van der Waals surface area contributed by atoms with E-state index in [-0.39, 0.29) is 17.1 Å². The van der Waals surface area contributed by atoms with E-state index in [0.717, 1.165) is 11.3 Å². The Bertz CT molecular complexity index is 784. The Morgan fingerprint density at radius 1 is 1.32 bits per heavy atom. The Labute approximate surface area is 147 Å². The Morgan fingerprint density at radius 2 is 2.00 bits per heavy atom. The lowest BCUT2D eigenvalue weighted by Gasteiger charge is -2.39. The molecule has 1 aliphatic carbocycles. The number of hydrogen-bond acceptors (Lipinski definition) is 5. The summed E-state index contributed by atoms with van der Waals surface area (Å²) in [6, 6.07) is 9.57. The maximum absolute atomic E-state index is 12.8. The van der Waals surface area contributed by atoms with Crippen LogP contribution in [0.2, 0.25) is 0 Å². The van der Waals surface area contributed by atoms with Crippen LogP contribution in [0.25, 0.3) is 0 Å². The molecule has 0 aromatic heterocycles. The molecule has 0 saturated carbocycles. The van der Waals surface area contributed by atoms with Crippen LogP contribution in [0.4, 0.5) is 0 Å². The lowest BCUT2D eigenvalue weighted by Crippen LogP contribution is -2.38. The summed E-state index contributed by atoms with van der Waals surface area (Å²) < 4.78 is 11.1. The Hall–Kier alpha value is -2.61. The van der Waals surface area contributed by atoms with Gasteiger partial charge in [-0.05, 0) is 30.0 Å². The quantitative estimate of drug-likeness (QED) is 0.904. The van der Waals surface area contributed by atoms with Crippen molar-refractivity contribution in [3.8, 4) is 11.8 Å². The highest BCUT2D eigenvalue weighted by Crippen LogP contribution is 2.47. The van der Waals surface area contributed by atoms with E-state index in [1.807, 2.05) is 45.0 Å². The van der Waals surface area contributed by atoms with Crippen LogP contribution in [0.3, 0.4) is 0 Å². The van der Waals surface area contributed by atoms with Crippen molar-refractivity contribution < 1.29 is 14.3 Å². The summed E-state index contributed by atoms with van der Waals surface area (Å²) in [6.45, 7) is 6.53. The van der Waals surface area contributed by atoms with Gasteiger partial charge in [0.1, 0.15) is 17.4 Å². The van der Waals surface area contributed by atoms with Gasteiger partial charge < -0.3 is 9.47 Å². The molecule has 0 bridgehead atoms. The molecule has 2 aliphatic rings. The summed E-state index contributed by atoms with van der Waals surface area (Å²) in [5.41, 5.74) is 1.20. The lowest BCUT2D eigenvalue weighted by atomic mass is 9.68. The fourth-order valence-electron chi connectivity index (χ4n) is 3.66. The fraction of sp³-hybridized carbons (Fsp3) is 0.450. The molecule has 1 aromatic rings. The molecule has 0 saturated heterocycles. The molecule has 0 radical (unpaired) electrons. The normalized spacial score (nSPS) is 25.0. The number of hydrogen-bond donors (Lipinski definition) is 1. The summed E-state index contributed by atoms with van der Waals surface area (Å²) in [5, 5.41) is 17.7. The third-order valence-corrected chi connectivity index (χ3v) is 4.73. The van der Waals surface area contributed by atoms with Crippen LogP contribution in [0.15, 0.2) is 35.6 Å². The van der Waals surface area contributed by atoms with Crippen LogP contribution in [0.5, 0.6) is 5.75 Å². The summed E-state index contributed by atoms with van der Waals surface area (Å²) in [6.07, 6.45) is 1.02. The van der Waals surface area contributed by atoms with E-state index in [9.17, 15) is 10.1 Å². The number of ether oxygens (including phenoxy) is 2. The van der Waals surface area contributed by atoms with Crippen LogP contribution in [-0.4, -0.2) is 18.3 Å². The van der Waals surface area contributed by atoms with Crippen LogP contribution in [0.1, 0.15) is 45.1 Å². The predicted molar refractivity (Wildman–Crippen MR) is 93.3 cm³/mol. The fourth-order valence-corrected chi connectivity index (χ4v) is 3.66. The van der Waals surface area contributed by atoms with E-state index in [1.165, 1.54) is 0 Å². The predicted octanol–water partition coefficient (Wildman–Crippen LogP) is 3.96. The van der Waals surface area contributed by atoms with Gasteiger partial charge in [-0.1, -0.05) is 26.0 Å². The highest BCUT2D eigenvalue weighted by molar-refractivity contribution is 6.01. The second-order valence-electron chi connectivity index (χ2n) is 7.33. The van der Waals surface area contributed by atoms with E-state index < -0.39 is 11.8 Å². The number of carbonyl (C=O) groups is 1. The second kappa shape index (κ2) is 6.36. The minimum Gasteiger partial charge on any atom is -0.494 e. The molecule has 1 aromatic carbocycles. The molecule has 0 spiro atoms. The van der Waals surface area contributed by atoms with Crippen LogP contribution in [-0.2, 0) is 9.53 Å². The third-order valence-electron chi connectivity index (χ3n) is 4.73. The molecular formula is C20H22N2O3. The number of rotatable bonds is 3. The van der Waals surface area contributed by atoms with E-state index >= 15 is 0 Å². The molecule has 2 unspecified atom stereocenters. The van der Waals surface area contributed by atoms with Crippen molar-refractivity contribution in [2.24, 2.45) is 11.3 Å². The molecule has 0 fully saturated rings. The number of benzene rings is 1. The number of carbonyl (C=O) groups excluding carboxylic acids is 1. The first-order valence-electron chi connectivity index (χ1n) is 8.51. The van der Waals surface area contributed by atoms with E-state index in [1.54, 1.807) is 0 Å². The molecule has 25 heavy (non-hydrogen) atoms. The Morgan fingerprint density at radius 3 is 2.60 bits per heavy atom. The smallest absolute Gasteiger partial charge is 0.205 e. The van der Waals surface area contributed by atoms with Crippen molar-refractivity contribution in [2.75, 3.05) is 6.61 Å². The van der Waals surface area contributed by atoms with Crippen molar-refractivity contribution in [2.45, 2.75) is 39.5 Å². The highest BCUT2D eigenvalue weighted by atomic mass is 16.5. The first-order chi connectivity index (χ1) is 11.9. The standard InChI is InChI=1S/C20H22N2O3/c1-4-24-13-7-5-12(6-8-13)17-14(11-21)19(22)25-16-10-20(2,3)9-15(23)18(16)17/h5-8,14,17,22H,4,9-10H2,1-3H3. The Balaban J connectivity index is 2.08. The lowest BCUT2D eigenvalue weighted by molar-refractivity contribution is -0.119. The van der Waals surface area contributed by atoms with Crippen LogP contribution >= 0.6 is 0 Å². The second-order valence-corrected chi connectivity index (χ2v) is 7.33. The minimum atomic E-state index is -0.790. The van der Waals surface area contributed by atoms with Gasteiger partial charge in [-0.3, -0.25) is 10.2 Å².